The highest BCUT2D eigenvalue weighted by molar-refractivity contribution is 7.89. The molecule has 9 nitrogen and oxygen atoms in total. The number of carbonyl (C=O) groups excluding carboxylic acids is 1. The summed E-state index contributed by atoms with van der Waals surface area (Å²) in [7, 11) is -6.72. The van der Waals surface area contributed by atoms with E-state index in [2.05, 4.69) is 4.90 Å². The van der Waals surface area contributed by atoms with Crippen molar-refractivity contribution >= 4 is 54.8 Å². The quantitative estimate of drug-likeness (QED) is 0.279. The second-order valence-corrected chi connectivity index (χ2v) is 16.8. The van der Waals surface area contributed by atoms with E-state index in [4.69, 9.17) is 23.2 Å². The molecule has 0 aromatic heterocycles. The van der Waals surface area contributed by atoms with Gasteiger partial charge < -0.3 is 9.80 Å². The summed E-state index contributed by atoms with van der Waals surface area (Å²) in [6.45, 7) is 8.65. The summed E-state index contributed by atoms with van der Waals surface area (Å²) in [4.78, 5) is 18.3. The highest BCUT2D eigenvalue weighted by Crippen LogP contribution is 2.30. The van der Waals surface area contributed by atoms with Crippen LogP contribution in [-0.2, 0) is 31.3 Å². The molecule has 4 rings (SSSR count). The van der Waals surface area contributed by atoms with Crippen molar-refractivity contribution in [2.24, 2.45) is 11.8 Å². The Labute approximate surface area is 279 Å². The van der Waals surface area contributed by atoms with Crippen LogP contribution in [0.25, 0.3) is 0 Å². The van der Waals surface area contributed by atoms with Gasteiger partial charge in [-0.15, -0.1) is 0 Å². The Morgan fingerprint density at radius 3 is 2.04 bits per heavy atom. The van der Waals surface area contributed by atoms with Crippen molar-refractivity contribution in [3.8, 4) is 0 Å². The van der Waals surface area contributed by atoms with Crippen LogP contribution in [0.3, 0.4) is 0 Å². The number of rotatable bonds is 13. The highest BCUT2D eigenvalue weighted by Gasteiger charge is 2.32. The van der Waals surface area contributed by atoms with Gasteiger partial charge in [-0.3, -0.25) is 4.79 Å². The molecule has 0 atom stereocenters. The van der Waals surface area contributed by atoms with Gasteiger partial charge in [-0.25, -0.2) is 21.1 Å². The molecule has 2 saturated heterocycles. The zero-order valence-electron chi connectivity index (χ0n) is 26.5. The van der Waals surface area contributed by atoms with E-state index in [-0.39, 0.29) is 11.8 Å². The van der Waals surface area contributed by atoms with E-state index in [0.717, 1.165) is 50.9 Å². The molecule has 2 heterocycles. The van der Waals surface area contributed by atoms with Gasteiger partial charge in [-0.05, 0) is 100.0 Å². The van der Waals surface area contributed by atoms with Crippen LogP contribution >= 0.6 is 23.2 Å². The average molecular weight is 702 g/mol. The Bertz CT molecular complexity index is 1500. The van der Waals surface area contributed by atoms with Crippen LogP contribution in [0.5, 0.6) is 0 Å². The third-order valence-corrected chi connectivity index (χ3v) is 13.2. The maximum absolute atomic E-state index is 13.7. The number of anilines is 1. The van der Waals surface area contributed by atoms with Gasteiger partial charge in [0.05, 0.1) is 21.2 Å². The summed E-state index contributed by atoms with van der Waals surface area (Å²) < 4.78 is 52.4. The summed E-state index contributed by atoms with van der Waals surface area (Å²) >= 11 is 12.5. The van der Waals surface area contributed by atoms with Crippen LogP contribution in [-0.4, -0.2) is 94.9 Å². The third-order valence-electron chi connectivity index (χ3n) is 9.11. The lowest BCUT2D eigenvalue weighted by Crippen LogP contribution is -2.45. The van der Waals surface area contributed by atoms with E-state index >= 15 is 0 Å². The largest absolute Gasteiger partial charge is 0.312 e. The van der Waals surface area contributed by atoms with E-state index < -0.39 is 20.0 Å². The summed E-state index contributed by atoms with van der Waals surface area (Å²) in [6.07, 6.45) is 6.04. The van der Waals surface area contributed by atoms with Crippen molar-refractivity contribution in [1.29, 1.82) is 0 Å². The highest BCUT2D eigenvalue weighted by atomic mass is 35.5. The van der Waals surface area contributed by atoms with E-state index in [0.29, 0.717) is 72.1 Å². The number of likely N-dealkylation sites (tertiary alicyclic amines) is 1. The number of benzene rings is 2. The van der Waals surface area contributed by atoms with Gasteiger partial charge in [0.1, 0.15) is 0 Å². The zero-order valence-corrected chi connectivity index (χ0v) is 29.6. The number of nitrogens with zero attached hydrogens (tertiary/aromatic N) is 4. The van der Waals surface area contributed by atoms with Gasteiger partial charge in [0.2, 0.25) is 26.0 Å². The minimum absolute atomic E-state index is 0.00355. The van der Waals surface area contributed by atoms with Crippen molar-refractivity contribution < 1.29 is 21.6 Å². The first kappa shape index (κ1) is 36.1. The maximum atomic E-state index is 13.7. The molecule has 0 saturated carbocycles. The van der Waals surface area contributed by atoms with E-state index in [1.54, 1.807) is 29.2 Å². The molecular formula is C32H46Cl2N4O5S2. The Kier molecular flexibility index (Phi) is 12.8. The van der Waals surface area contributed by atoms with Gasteiger partial charge >= 0.3 is 0 Å². The molecule has 2 fully saturated rings. The lowest BCUT2D eigenvalue weighted by atomic mass is 9.90. The lowest BCUT2D eigenvalue weighted by Gasteiger charge is -2.35. The Balaban J connectivity index is 1.29. The first-order valence-electron chi connectivity index (χ1n) is 15.9. The maximum Gasteiger partial charge on any atom is 0.243 e. The molecule has 2 aliphatic rings. The molecule has 0 radical (unpaired) electrons. The van der Waals surface area contributed by atoms with Crippen molar-refractivity contribution in [3.05, 3.63) is 58.1 Å². The van der Waals surface area contributed by atoms with Gasteiger partial charge in [-0.1, -0.05) is 49.2 Å². The van der Waals surface area contributed by atoms with Gasteiger partial charge in [-0.2, -0.15) is 4.31 Å². The fourth-order valence-corrected chi connectivity index (χ4v) is 9.01. The number of sulfonamides is 2. The lowest BCUT2D eigenvalue weighted by molar-refractivity contribution is -0.123. The first-order chi connectivity index (χ1) is 21.3. The SMILES string of the molecule is CCN(CC)S(=O)(=O)c1ccc(CC2CCN(CCCN(C(=O)C3CCN(S(C)(=O)=O)CC3)c3ccc(Cl)c(Cl)c3)CC2)cc1. The summed E-state index contributed by atoms with van der Waals surface area (Å²) in [5, 5.41) is 0.818. The van der Waals surface area contributed by atoms with Crippen LogP contribution in [0.4, 0.5) is 5.69 Å². The first-order valence-corrected chi connectivity index (χ1v) is 19.9. The van der Waals surface area contributed by atoms with Gasteiger partial charge in [0, 0.05) is 44.3 Å². The Hall–Kier alpha value is -1.73. The molecule has 45 heavy (non-hydrogen) atoms. The molecule has 0 spiro atoms. The monoisotopic (exact) mass is 700 g/mol. The van der Waals surface area contributed by atoms with Crippen molar-refractivity contribution in [1.82, 2.24) is 13.5 Å². The van der Waals surface area contributed by atoms with Crippen molar-refractivity contribution in [3.63, 3.8) is 0 Å². The average Bonchev–Trinajstić information content (AvgIpc) is 3.02. The number of hydrogen-bond acceptors (Lipinski definition) is 6. The minimum atomic E-state index is -3.45. The topological polar surface area (TPSA) is 98.3 Å². The van der Waals surface area contributed by atoms with Crippen LogP contribution in [0.15, 0.2) is 47.4 Å². The molecule has 1 amide bonds. The zero-order chi connectivity index (χ0) is 32.8. The van der Waals surface area contributed by atoms with Crippen LogP contribution < -0.4 is 4.90 Å². The number of hydrogen-bond donors (Lipinski definition) is 0. The normalized spacial score (nSPS) is 18.0. The van der Waals surface area contributed by atoms with E-state index in [1.807, 2.05) is 32.0 Å². The number of halogens is 2. The molecular weight excluding hydrogens is 655 g/mol. The molecule has 250 valence electrons. The summed E-state index contributed by atoms with van der Waals surface area (Å²) in [6, 6.07) is 12.6. The number of piperidine rings is 2. The predicted octanol–water partition coefficient (Wildman–Crippen LogP) is 5.37. The van der Waals surface area contributed by atoms with Crippen LogP contribution in [0, 0.1) is 11.8 Å². The molecule has 0 N–H and O–H groups in total. The van der Waals surface area contributed by atoms with Crippen molar-refractivity contribution in [2.75, 3.05) is 63.5 Å². The van der Waals surface area contributed by atoms with E-state index in [1.165, 1.54) is 14.9 Å². The van der Waals surface area contributed by atoms with Crippen molar-refractivity contribution in [2.45, 2.75) is 57.3 Å². The third kappa shape index (κ3) is 9.43. The molecule has 2 aliphatic heterocycles. The van der Waals surface area contributed by atoms with Gasteiger partial charge in [0.25, 0.3) is 0 Å². The molecule has 0 bridgehead atoms. The Morgan fingerprint density at radius 2 is 1.49 bits per heavy atom. The Morgan fingerprint density at radius 1 is 0.867 bits per heavy atom. The number of carbonyl (C=O) groups is 1. The fourth-order valence-electron chi connectivity index (χ4n) is 6.38. The molecule has 2 aromatic carbocycles. The second-order valence-electron chi connectivity index (χ2n) is 12.1. The second kappa shape index (κ2) is 15.9. The fraction of sp³-hybridized carbons (Fsp3) is 0.594. The summed E-state index contributed by atoms with van der Waals surface area (Å²) in [5.74, 6) is 0.286. The molecule has 13 heteroatoms. The molecule has 0 aliphatic carbocycles. The standard InChI is InChI=1S/C32H46Cl2N4O5S2/c1-4-36(5-2)45(42,43)29-10-7-25(8-11-29)23-26-13-19-35(20-14-26)17-6-18-38(28-9-12-30(33)31(34)24-28)32(39)27-15-21-37(22-16-27)44(3,40)41/h7-12,24,26-27H,4-6,13-23H2,1-3H3. The molecule has 0 unspecified atom stereocenters. The predicted molar refractivity (Wildman–Crippen MR) is 182 cm³/mol. The van der Waals surface area contributed by atoms with Crippen LogP contribution in [0.1, 0.15) is 51.5 Å². The van der Waals surface area contributed by atoms with Crippen LogP contribution in [0.2, 0.25) is 10.0 Å². The van der Waals surface area contributed by atoms with E-state index in [9.17, 15) is 21.6 Å². The number of amides is 1. The smallest absolute Gasteiger partial charge is 0.243 e. The minimum Gasteiger partial charge on any atom is -0.312 e. The summed E-state index contributed by atoms with van der Waals surface area (Å²) in [5.41, 5.74) is 1.86. The molecule has 2 aromatic rings. The van der Waals surface area contributed by atoms with Gasteiger partial charge in [0.15, 0.2) is 0 Å².